The molecule has 106 valence electrons. The Kier molecular flexibility index (Phi) is 4.44. The van der Waals surface area contributed by atoms with E-state index in [1.165, 1.54) is 22.3 Å². The van der Waals surface area contributed by atoms with E-state index in [2.05, 4.69) is 100 Å². The fraction of sp³-hybridized carbons (Fsp3) is 0.158. The standard InChI is InChI=1S/C19H18IN/c1-14-5-4-6-17(13-14)15-9-11-16(12-10-15)18-7-2-3-8-19(18)21-20/h2-12,14,21H,13H2,1H3. The maximum Gasteiger partial charge on any atom is 0.0560 e. The Morgan fingerprint density at radius 2 is 1.71 bits per heavy atom. The lowest BCUT2D eigenvalue weighted by Gasteiger charge is -2.15. The van der Waals surface area contributed by atoms with Crippen LogP contribution in [-0.4, -0.2) is 0 Å². The Hall–Kier alpha value is -1.55. The zero-order chi connectivity index (χ0) is 14.7. The second kappa shape index (κ2) is 6.48. The van der Waals surface area contributed by atoms with Crippen LogP contribution in [-0.2, 0) is 0 Å². The molecule has 3 rings (SSSR count). The number of halogens is 1. The summed E-state index contributed by atoms with van der Waals surface area (Å²) in [6.45, 7) is 2.26. The van der Waals surface area contributed by atoms with E-state index in [1.807, 2.05) is 0 Å². The molecule has 1 N–H and O–H groups in total. The van der Waals surface area contributed by atoms with Crippen molar-refractivity contribution in [2.75, 3.05) is 3.53 Å². The summed E-state index contributed by atoms with van der Waals surface area (Å²) in [6.07, 6.45) is 7.80. The van der Waals surface area contributed by atoms with Gasteiger partial charge in [0, 0.05) is 5.56 Å². The maximum atomic E-state index is 3.23. The van der Waals surface area contributed by atoms with Gasteiger partial charge in [0.15, 0.2) is 0 Å². The van der Waals surface area contributed by atoms with Gasteiger partial charge in [0.25, 0.3) is 0 Å². The summed E-state index contributed by atoms with van der Waals surface area (Å²) in [5.74, 6) is 0.633. The van der Waals surface area contributed by atoms with E-state index in [9.17, 15) is 0 Å². The fourth-order valence-electron chi connectivity index (χ4n) is 2.74. The van der Waals surface area contributed by atoms with Crippen LogP contribution in [0.15, 0.2) is 66.8 Å². The molecule has 0 fully saturated rings. The molecular formula is C19H18IN. The van der Waals surface area contributed by atoms with Crippen LogP contribution in [0.3, 0.4) is 0 Å². The molecular weight excluding hydrogens is 369 g/mol. The van der Waals surface area contributed by atoms with Gasteiger partial charge in [-0.05, 0) is 35.1 Å². The minimum Gasteiger partial charge on any atom is -0.328 e. The quantitative estimate of drug-likeness (QED) is 0.496. The number of hydrogen-bond acceptors (Lipinski definition) is 1. The van der Waals surface area contributed by atoms with Gasteiger partial charge in [0.1, 0.15) is 0 Å². The fourth-order valence-corrected chi connectivity index (χ4v) is 3.21. The number of para-hydroxylation sites is 1. The van der Waals surface area contributed by atoms with Crippen LogP contribution >= 0.6 is 22.9 Å². The average molecular weight is 387 g/mol. The SMILES string of the molecule is CC1C=CC=C(c2ccc(-c3ccccc3NI)cc2)C1. The topological polar surface area (TPSA) is 12.0 Å². The van der Waals surface area contributed by atoms with Crippen molar-refractivity contribution >= 4 is 34.1 Å². The van der Waals surface area contributed by atoms with Crippen LogP contribution in [0.5, 0.6) is 0 Å². The molecule has 0 bridgehead atoms. The number of rotatable bonds is 3. The molecule has 1 aliphatic carbocycles. The highest BCUT2D eigenvalue weighted by Gasteiger charge is 2.09. The summed E-state index contributed by atoms with van der Waals surface area (Å²) in [4.78, 5) is 0. The average Bonchev–Trinajstić information content (AvgIpc) is 2.55. The van der Waals surface area contributed by atoms with Gasteiger partial charge in [-0.15, -0.1) is 0 Å². The Labute approximate surface area is 140 Å². The molecule has 1 unspecified atom stereocenters. The number of nitrogens with one attached hydrogen (secondary N) is 1. The first-order valence-electron chi connectivity index (χ1n) is 7.22. The summed E-state index contributed by atoms with van der Waals surface area (Å²) in [7, 11) is 0. The zero-order valence-corrected chi connectivity index (χ0v) is 14.2. The summed E-state index contributed by atoms with van der Waals surface area (Å²) in [6, 6.07) is 17.3. The molecule has 0 aliphatic heterocycles. The van der Waals surface area contributed by atoms with Crippen molar-refractivity contribution in [3.05, 3.63) is 72.3 Å². The van der Waals surface area contributed by atoms with E-state index >= 15 is 0 Å². The van der Waals surface area contributed by atoms with Crippen molar-refractivity contribution in [2.45, 2.75) is 13.3 Å². The first-order chi connectivity index (χ1) is 10.3. The van der Waals surface area contributed by atoms with Crippen LogP contribution < -0.4 is 3.53 Å². The predicted octanol–water partition coefficient (Wildman–Crippen LogP) is 6.09. The minimum atomic E-state index is 0.633. The summed E-state index contributed by atoms with van der Waals surface area (Å²) in [5, 5.41) is 0. The Morgan fingerprint density at radius 1 is 1.00 bits per heavy atom. The van der Waals surface area contributed by atoms with Crippen LogP contribution in [0.25, 0.3) is 16.7 Å². The van der Waals surface area contributed by atoms with Crippen LogP contribution in [0.4, 0.5) is 5.69 Å². The monoisotopic (exact) mass is 387 g/mol. The lowest BCUT2D eigenvalue weighted by atomic mass is 9.90. The molecule has 0 spiro atoms. The van der Waals surface area contributed by atoms with Crippen LogP contribution in [0.2, 0.25) is 0 Å². The molecule has 2 aromatic carbocycles. The summed E-state index contributed by atoms with van der Waals surface area (Å²) < 4.78 is 3.23. The number of benzene rings is 2. The van der Waals surface area contributed by atoms with Gasteiger partial charge in [0.2, 0.25) is 0 Å². The van der Waals surface area contributed by atoms with Crippen molar-refractivity contribution in [1.82, 2.24) is 0 Å². The van der Waals surface area contributed by atoms with E-state index in [4.69, 9.17) is 0 Å². The molecule has 2 heteroatoms. The highest BCUT2D eigenvalue weighted by atomic mass is 127. The predicted molar refractivity (Wildman–Crippen MR) is 100 cm³/mol. The van der Waals surface area contributed by atoms with Crippen molar-refractivity contribution in [3.8, 4) is 11.1 Å². The summed E-state index contributed by atoms with van der Waals surface area (Å²) >= 11 is 2.18. The molecule has 0 aromatic heterocycles. The third-order valence-electron chi connectivity index (χ3n) is 3.87. The lowest BCUT2D eigenvalue weighted by Crippen LogP contribution is -1.97. The number of hydrogen-bond donors (Lipinski definition) is 1. The van der Waals surface area contributed by atoms with Gasteiger partial charge in [-0.25, -0.2) is 0 Å². The Bertz CT molecular complexity index is 683. The van der Waals surface area contributed by atoms with Gasteiger partial charge in [-0.1, -0.05) is 67.6 Å². The Morgan fingerprint density at radius 3 is 2.43 bits per heavy atom. The lowest BCUT2D eigenvalue weighted by molar-refractivity contribution is 0.749. The second-order valence-corrected chi connectivity index (χ2v) is 6.02. The largest absolute Gasteiger partial charge is 0.328 e. The molecule has 1 aliphatic rings. The van der Waals surface area contributed by atoms with Crippen molar-refractivity contribution in [2.24, 2.45) is 5.92 Å². The molecule has 1 atom stereocenters. The van der Waals surface area contributed by atoms with E-state index in [1.54, 1.807) is 0 Å². The highest BCUT2D eigenvalue weighted by Crippen LogP contribution is 2.32. The number of allylic oxidation sites excluding steroid dienone is 4. The van der Waals surface area contributed by atoms with Crippen molar-refractivity contribution < 1.29 is 0 Å². The summed E-state index contributed by atoms with van der Waals surface area (Å²) in [5.41, 5.74) is 6.40. The number of anilines is 1. The molecule has 21 heavy (non-hydrogen) atoms. The second-order valence-electron chi connectivity index (χ2n) is 5.48. The molecule has 0 radical (unpaired) electrons. The first-order valence-corrected chi connectivity index (χ1v) is 8.29. The normalized spacial score (nSPS) is 17.4. The van der Waals surface area contributed by atoms with Gasteiger partial charge >= 0.3 is 0 Å². The zero-order valence-electron chi connectivity index (χ0n) is 12.0. The Balaban J connectivity index is 1.91. The smallest absolute Gasteiger partial charge is 0.0560 e. The van der Waals surface area contributed by atoms with E-state index in [-0.39, 0.29) is 0 Å². The third-order valence-corrected chi connectivity index (χ3v) is 4.46. The van der Waals surface area contributed by atoms with E-state index in [0.29, 0.717) is 5.92 Å². The maximum absolute atomic E-state index is 3.23. The minimum absolute atomic E-state index is 0.633. The van der Waals surface area contributed by atoms with Crippen LogP contribution in [0, 0.1) is 5.92 Å². The van der Waals surface area contributed by atoms with Crippen molar-refractivity contribution in [3.63, 3.8) is 0 Å². The molecule has 0 saturated carbocycles. The van der Waals surface area contributed by atoms with Gasteiger partial charge in [0.05, 0.1) is 28.6 Å². The van der Waals surface area contributed by atoms with Crippen molar-refractivity contribution in [1.29, 1.82) is 0 Å². The molecule has 0 saturated heterocycles. The molecule has 0 heterocycles. The van der Waals surface area contributed by atoms with Crippen LogP contribution in [0.1, 0.15) is 18.9 Å². The van der Waals surface area contributed by atoms with Gasteiger partial charge < -0.3 is 3.53 Å². The third kappa shape index (κ3) is 3.21. The first kappa shape index (κ1) is 14.4. The highest BCUT2D eigenvalue weighted by molar-refractivity contribution is 14.1. The van der Waals surface area contributed by atoms with E-state index < -0.39 is 0 Å². The van der Waals surface area contributed by atoms with Gasteiger partial charge in [-0.3, -0.25) is 0 Å². The molecule has 2 aromatic rings. The van der Waals surface area contributed by atoms with Gasteiger partial charge in [-0.2, -0.15) is 0 Å². The molecule has 1 nitrogen and oxygen atoms in total. The van der Waals surface area contributed by atoms with E-state index in [0.717, 1.165) is 12.1 Å². The molecule has 0 amide bonds.